The number of hydrogen-bond donors (Lipinski definition) is 1. The van der Waals surface area contributed by atoms with Crippen molar-refractivity contribution in [2.75, 3.05) is 13.7 Å². The molecule has 0 saturated heterocycles. The summed E-state index contributed by atoms with van der Waals surface area (Å²) in [6.45, 7) is 12.4. The van der Waals surface area contributed by atoms with E-state index in [1.807, 2.05) is 27.7 Å². The summed E-state index contributed by atoms with van der Waals surface area (Å²) in [6, 6.07) is 0. The van der Waals surface area contributed by atoms with Crippen molar-refractivity contribution in [3.63, 3.8) is 0 Å². The number of nitrogens with one attached hydrogen (secondary N) is 1. The van der Waals surface area contributed by atoms with Crippen LogP contribution < -0.4 is 5.32 Å². The number of allylic oxidation sites excluding steroid dienone is 2. The van der Waals surface area contributed by atoms with Crippen LogP contribution in [0.15, 0.2) is 11.0 Å². The highest BCUT2D eigenvalue weighted by molar-refractivity contribution is 7.58. The van der Waals surface area contributed by atoms with E-state index in [-0.39, 0.29) is 24.6 Å². The van der Waals surface area contributed by atoms with Gasteiger partial charge in [0.25, 0.3) is 0 Å². The lowest BCUT2D eigenvalue weighted by molar-refractivity contribution is -0.140. The van der Waals surface area contributed by atoms with Gasteiger partial charge >= 0.3 is 13.6 Å². The van der Waals surface area contributed by atoms with Gasteiger partial charge in [0.2, 0.25) is 0 Å². The Morgan fingerprint density at radius 1 is 0.926 bits per heavy atom. The number of carbonyl (C=O) groups excluding carboxylic acids is 1. The summed E-state index contributed by atoms with van der Waals surface area (Å²) < 4.78 is 30.2. The van der Waals surface area contributed by atoms with Crippen LogP contribution in [0.25, 0.3) is 0 Å². The van der Waals surface area contributed by atoms with Gasteiger partial charge in [-0.25, -0.2) is 0 Å². The third kappa shape index (κ3) is 10.9. The predicted molar refractivity (Wildman–Crippen MR) is 111 cm³/mol. The molecular formula is C20H40NO5P. The van der Waals surface area contributed by atoms with Gasteiger partial charge in [-0.05, 0) is 53.4 Å². The van der Waals surface area contributed by atoms with E-state index in [0.717, 1.165) is 44.3 Å². The van der Waals surface area contributed by atoms with Gasteiger partial charge in [0.05, 0.1) is 24.6 Å². The highest BCUT2D eigenvalue weighted by atomic mass is 31.2. The molecule has 0 aromatic carbocycles. The van der Waals surface area contributed by atoms with E-state index in [1.165, 1.54) is 7.11 Å². The first-order valence-corrected chi connectivity index (χ1v) is 11.7. The molecule has 0 rings (SSSR count). The zero-order valence-electron chi connectivity index (χ0n) is 18.3. The molecule has 0 radical (unpaired) electrons. The maximum absolute atomic E-state index is 13.8. The molecule has 0 aliphatic rings. The zero-order valence-corrected chi connectivity index (χ0v) is 19.2. The number of hydrogen-bond acceptors (Lipinski definition) is 6. The minimum atomic E-state index is -3.54. The number of esters is 1. The first-order valence-electron chi connectivity index (χ1n) is 10.2. The van der Waals surface area contributed by atoms with E-state index >= 15 is 0 Å². The molecule has 6 nitrogen and oxygen atoms in total. The Balaban J connectivity index is 6.02. The van der Waals surface area contributed by atoms with Crippen molar-refractivity contribution in [3.05, 3.63) is 11.0 Å². The lowest BCUT2D eigenvalue weighted by Gasteiger charge is -2.28. The quantitative estimate of drug-likeness (QED) is 0.212. The van der Waals surface area contributed by atoms with Crippen molar-refractivity contribution in [2.24, 2.45) is 0 Å². The largest absolute Gasteiger partial charge is 0.469 e. The van der Waals surface area contributed by atoms with Gasteiger partial charge in [0, 0.05) is 18.7 Å². The number of methoxy groups -OCH3 is 1. The molecule has 160 valence electrons. The number of rotatable bonds is 15. The molecule has 0 spiro atoms. The number of unbranched alkanes of at least 4 members (excludes halogenated alkanes) is 2. The Hall–Kier alpha value is -0.840. The highest BCUT2D eigenvalue weighted by Crippen LogP contribution is 2.60. The molecule has 0 aliphatic carbocycles. The second kappa shape index (κ2) is 14.2. The molecular weight excluding hydrogens is 365 g/mol. The third-order valence-corrected chi connectivity index (χ3v) is 6.37. The Morgan fingerprint density at radius 3 is 1.93 bits per heavy atom. The van der Waals surface area contributed by atoms with E-state index in [1.54, 1.807) is 0 Å². The molecule has 0 atom stereocenters. The van der Waals surface area contributed by atoms with Crippen molar-refractivity contribution >= 4 is 13.6 Å². The van der Waals surface area contributed by atoms with Crippen molar-refractivity contribution in [2.45, 2.75) is 98.7 Å². The van der Waals surface area contributed by atoms with Gasteiger partial charge in [-0.15, -0.1) is 0 Å². The van der Waals surface area contributed by atoms with E-state index < -0.39 is 7.60 Å². The Labute approximate surface area is 165 Å². The fraction of sp³-hybridized carbons (Fsp3) is 0.850. The maximum atomic E-state index is 13.8. The smallest absolute Gasteiger partial charge is 0.359 e. The summed E-state index contributed by atoms with van der Waals surface area (Å²) in [6.07, 6.45) is 4.73. The normalized spacial score (nSPS) is 13.1. The summed E-state index contributed by atoms with van der Waals surface area (Å²) in [5.41, 5.74) is 0.888. The van der Waals surface area contributed by atoms with Crippen LogP contribution in [0.5, 0.6) is 0 Å². The highest BCUT2D eigenvalue weighted by Gasteiger charge is 2.35. The molecule has 0 bridgehead atoms. The molecule has 0 aromatic heterocycles. The Bertz CT molecular complexity index is 489. The molecule has 0 fully saturated rings. The van der Waals surface area contributed by atoms with Gasteiger partial charge in [-0.3, -0.25) is 9.36 Å². The summed E-state index contributed by atoms with van der Waals surface area (Å²) in [7, 11) is -2.18. The molecule has 0 unspecified atom stereocenters. The third-order valence-electron chi connectivity index (χ3n) is 3.82. The SMILES string of the molecule is CCCCN/C(CCCC)=C(\CCC(=O)OC)P(=O)(OC(C)C)OC(C)C. The molecule has 7 heteroatoms. The lowest BCUT2D eigenvalue weighted by atomic mass is 10.1. The first-order chi connectivity index (χ1) is 12.7. The molecule has 1 N–H and O–H groups in total. The molecule has 0 aliphatic heterocycles. The second-order valence-electron chi connectivity index (χ2n) is 7.19. The predicted octanol–water partition coefficient (Wildman–Crippen LogP) is 5.77. The van der Waals surface area contributed by atoms with E-state index in [9.17, 15) is 9.36 Å². The monoisotopic (exact) mass is 405 g/mol. The minimum absolute atomic E-state index is 0.143. The van der Waals surface area contributed by atoms with E-state index in [2.05, 4.69) is 19.2 Å². The van der Waals surface area contributed by atoms with Crippen molar-refractivity contribution < 1.29 is 23.1 Å². The fourth-order valence-corrected chi connectivity index (χ4v) is 4.91. The summed E-state index contributed by atoms with van der Waals surface area (Å²) in [4.78, 5) is 11.7. The standard InChI is InChI=1S/C20H40NO5P/c1-8-10-12-18(21-15-11-9-2)19(13-14-20(22)24-7)27(23,25-16(3)4)26-17(5)6/h16-17,21H,8-15H2,1-7H3/b19-18+. The summed E-state index contributed by atoms with van der Waals surface area (Å²) in [5.74, 6) is -0.337. The van der Waals surface area contributed by atoms with Crippen molar-refractivity contribution in [1.29, 1.82) is 0 Å². The van der Waals surface area contributed by atoms with E-state index in [4.69, 9.17) is 13.8 Å². The van der Waals surface area contributed by atoms with Gasteiger partial charge in [-0.1, -0.05) is 26.7 Å². The van der Waals surface area contributed by atoms with Crippen molar-refractivity contribution in [1.82, 2.24) is 5.32 Å². The van der Waals surface area contributed by atoms with E-state index in [0.29, 0.717) is 11.7 Å². The topological polar surface area (TPSA) is 73.9 Å². The van der Waals surface area contributed by atoms with Crippen LogP contribution >= 0.6 is 7.60 Å². The second-order valence-corrected chi connectivity index (χ2v) is 9.15. The van der Waals surface area contributed by atoms with Crippen LogP contribution in [-0.4, -0.2) is 31.8 Å². The van der Waals surface area contributed by atoms with Crippen molar-refractivity contribution in [3.8, 4) is 0 Å². The van der Waals surface area contributed by atoms with Crippen LogP contribution in [0.1, 0.15) is 86.5 Å². The van der Waals surface area contributed by atoms with Crippen LogP contribution in [0.2, 0.25) is 0 Å². The number of carbonyl (C=O) groups is 1. The average molecular weight is 406 g/mol. The summed E-state index contributed by atoms with van der Waals surface area (Å²) >= 11 is 0. The molecule has 27 heavy (non-hydrogen) atoms. The summed E-state index contributed by atoms with van der Waals surface area (Å²) in [5, 5.41) is 4.03. The molecule has 0 heterocycles. The zero-order chi connectivity index (χ0) is 20.9. The Kier molecular flexibility index (Phi) is 13.8. The molecule has 0 aromatic rings. The Morgan fingerprint density at radius 2 is 1.48 bits per heavy atom. The van der Waals surface area contributed by atoms with Gasteiger partial charge < -0.3 is 19.1 Å². The van der Waals surface area contributed by atoms with Crippen LogP contribution in [-0.2, 0) is 23.1 Å². The minimum Gasteiger partial charge on any atom is -0.469 e. The average Bonchev–Trinajstić information content (AvgIpc) is 2.57. The van der Waals surface area contributed by atoms with Gasteiger partial charge in [0.15, 0.2) is 0 Å². The molecule has 0 saturated carbocycles. The van der Waals surface area contributed by atoms with Crippen LogP contribution in [0, 0.1) is 0 Å². The number of ether oxygens (including phenoxy) is 1. The molecule has 0 amide bonds. The van der Waals surface area contributed by atoms with Gasteiger partial charge in [-0.2, -0.15) is 0 Å². The van der Waals surface area contributed by atoms with Gasteiger partial charge in [0.1, 0.15) is 0 Å². The lowest BCUT2D eigenvalue weighted by Crippen LogP contribution is -2.20. The van der Waals surface area contributed by atoms with Crippen LogP contribution in [0.3, 0.4) is 0 Å². The fourth-order valence-electron chi connectivity index (χ4n) is 2.59. The van der Waals surface area contributed by atoms with Crippen LogP contribution in [0.4, 0.5) is 0 Å². The first kappa shape index (κ1) is 26.2. The maximum Gasteiger partial charge on any atom is 0.359 e.